The van der Waals surface area contributed by atoms with E-state index in [1.165, 1.54) is 17.7 Å². The van der Waals surface area contributed by atoms with Crippen LogP contribution in [-0.4, -0.2) is 40.0 Å². The van der Waals surface area contributed by atoms with Gasteiger partial charge in [0.1, 0.15) is 12.2 Å². The average molecular weight is 262 g/mol. The molecule has 0 atom stereocenters. The first kappa shape index (κ1) is 13.5. The van der Waals surface area contributed by atoms with Gasteiger partial charge in [0.05, 0.1) is 0 Å². The molecule has 0 bridgehead atoms. The molecule has 1 N–H and O–H groups in total. The SMILES string of the molecule is CCCN(CC(=O)O)C(=O)c1ccc(C2CC2)cn1. The Kier molecular flexibility index (Phi) is 4.14. The van der Waals surface area contributed by atoms with Crippen LogP contribution in [0.5, 0.6) is 0 Å². The van der Waals surface area contributed by atoms with Crippen LogP contribution in [0.2, 0.25) is 0 Å². The molecule has 5 heteroatoms. The highest BCUT2D eigenvalue weighted by molar-refractivity contribution is 5.94. The predicted octanol–water partition coefficient (Wildman–Crippen LogP) is 1.90. The van der Waals surface area contributed by atoms with Crippen LogP contribution >= 0.6 is 0 Å². The Labute approximate surface area is 112 Å². The minimum absolute atomic E-state index is 0.279. The van der Waals surface area contributed by atoms with Gasteiger partial charge in [-0.05, 0) is 36.8 Å². The van der Waals surface area contributed by atoms with Gasteiger partial charge in [0.2, 0.25) is 0 Å². The van der Waals surface area contributed by atoms with Crippen molar-refractivity contribution in [1.82, 2.24) is 9.88 Å². The Balaban J connectivity index is 2.08. The first-order valence-corrected chi connectivity index (χ1v) is 6.58. The third kappa shape index (κ3) is 3.53. The molecule has 0 saturated heterocycles. The van der Waals surface area contributed by atoms with Crippen LogP contribution in [0.3, 0.4) is 0 Å². The van der Waals surface area contributed by atoms with Crippen LogP contribution in [0.15, 0.2) is 18.3 Å². The monoisotopic (exact) mass is 262 g/mol. The van der Waals surface area contributed by atoms with Crippen molar-refractivity contribution in [1.29, 1.82) is 0 Å². The molecule has 1 aliphatic carbocycles. The summed E-state index contributed by atoms with van der Waals surface area (Å²) in [7, 11) is 0. The van der Waals surface area contributed by atoms with Gasteiger partial charge >= 0.3 is 5.97 Å². The summed E-state index contributed by atoms with van der Waals surface area (Å²) in [4.78, 5) is 28.4. The first-order valence-electron chi connectivity index (χ1n) is 6.58. The maximum absolute atomic E-state index is 12.2. The van der Waals surface area contributed by atoms with Crippen molar-refractivity contribution in [3.63, 3.8) is 0 Å². The zero-order valence-electron chi connectivity index (χ0n) is 11.0. The largest absolute Gasteiger partial charge is 0.480 e. The molecular formula is C14H18N2O3. The number of carboxylic acid groups (broad SMARTS) is 1. The quantitative estimate of drug-likeness (QED) is 0.850. The topological polar surface area (TPSA) is 70.5 Å². The molecule has 0 unspecified atom stereocenters. The van der Waals surface area contributed by atoms with E-state index in [2.05, 4.69) is 4.98 Å². The molecule has 5 nitrogen and oxygen atoms in total. The summed E-state index contributed by atoms with van der Waals surface area (Å²) in [5, 5.41) is 8.82. The number of nitrogens with zero attached hydrogens (tertiary/aromatic N) is 2. The summed E-state index contributed by atoms with van der Waals surface area (Å²) in [6.45, 7) is 2.06. The normalized spacial score (nSPS) is 14.2. The van der Waals surface area contributed by atoms with E-state index >= 15 is 0 Å². The number of hydrogen-bond acceptors (Lipinski definition) is 3. The molecular weight excluding hydrogens is 244 g/mol. The summed E-state index contributed by atoms with van der Waals surface area (Å²) in [5.74, 6) is -0.717. The summed E-state index contributed by atoms with van der Waals surface area (Å²) in [5.41, 5.74) is 1.48. The lowest BCUT2D eigenvalue weighted by Crippen LogP contribution is -2.36. The number of aliphatic carboxylic acids is 1. The molecule has 1 heterocycles. The molecule has 0 aromatic carbocycles. The molecule has 1 amide bonds. The van der Waals surface area contributed by atoms with Gasteiger partial charge in [0, 0.05) is 12.7 Å². The summed E-state index contributed by atoms with van der Waals surface area (Å²) in [6.07, 6.45) is 4.83. The number of aromatic nitrogens is 1. The summed E-state index contributed by atoms with van der Waals surface area (Å²) >= 11 is 0. The number of carboxylic acids is 1. The minimum atomic E-state index is -1.00. The van der Waals surface area contributed by atoms with E-state index in [4.69, 9.17) is 5.11 Å². The van der Waals surface area contributed by atoms with Crippen molar-refractivity contribution >= 4 is 11.9 Å². The molecule has 1 saturated carbocycles. The van der Waals surface area contributed by atoms with E-state index in [-0.39, 0.29) is 12.5 Å². The van der Waals surface area contributed by atoms with Crippen molar-refractivity contribution in [3.05, 3.63) is 29.6 Å². The van der Waals surface area contributed by atoms with Gasteiger partial charge in [-0.3, -0.25) is 14.6 Å². The predicted molar refractivity (Wildman–Crippen MR) is 70.0 cm³/mol. The molecule has 0 spiro atoms. The lowest BCUT2D eigenvalue weighted by atomic mass is 10.1. The molecule has 1 aromatic rings. The minimum Gasteiger partial charge on any atom is -0.480 e. The van der Waals surface area contributed by atoms with Gasteiger partial charge in [0.25, 0.3) is 5.91 Å². The second-order valence-corrected chi connectivity index (χ2v) is 4.87. The number of carbonyl (C=O) groups excluding carboxylic acids is 1. The standard InChI is InChI=1S/C14H18N2O3/c1-2-7-16(9-13(17)18)14(19)12-6-5-11(8-15-12)10-3-4-10/h5-6,8,10H,2-4,7,9H2,1H3,(H,17,18). The van der Waals surface area contributed by atoms with Gasteiger partial charge in [-0.1, -0.05) is 13.0 Å². The number of carbonyl (C=O) groups is 2. The van der Waals surface area contributed by atoms with Gasteiger partial charge in [0.15, 0.2) is 0 Å². The molecule has 0 aliphatic heterocycles. The maximum atomic E-state index is 12.2. The Morgan fingerprint density at radius 3 is 2.63 bits per heavy atom. The lowest BCUT2D eigenvalue weighted by molar-refractivity contribution is -0.137. The highest BCUT2D eigenvalue weighted by Gasteiger charge is 2.24. The van der Waals surface area contributed by atoms with Crippen LogP contribution in [0.25, 0.3) is 0 Å². The molecule has 1 fully saturated rings. The van der Waals surface area contributed by atoms with Crippen LogP contribution in [0, 0.1) is 0 Å². The summed E-state index contributed by atoms with van der Waals surface area (Å²) < 4.78 is 0. The zero-order chi connectivity index (χ0) is 13.8. The maximum Gasteiger partial charge on any atom is 0.323 e. The molecule has 102 valence electrons. The Bertz CT molecular complexity index is 466. The van der Waals surface area contributed by atoms with Crippen molar-refractivity contribution in [3.8, 4) is 0 Å². The Morgan fingerprint density at radius 2 is 2.16 bits per heavy atom. The lowest BCUT2D eigenvalue weighted by Gasteiger charge is -2.19. The third-order valence-corrected chi connectivity index (χ3v) is 3.16. The molecule has 1 aliphatic rings. The van der Waals surface area contributed by atoms with Gasteiger partial charge in [-0.2, -0.15) is 0 Å². The highest BCUT2D eigenvalue weighted by Crippen LogP contribution is 2.39. The molecule has 1 aromatic heterocycles. The van der Waals surface area contributed by atoms with Crippen molar-refractivity contribution in [2.45, 2.75) is 32.1 Å². The van der Waals surface area contributed by atoms with Crippen LogP contribution in [0.4, 0.5) is 0 Å². The Hall–Kier alpha value is -1.91. The third-order valence-electron chi connectivity index (χ3n) is 3.16. The average Bonchev–Trinajstić information content (AvgIpc) is 3.21. The smallest absolute Gasteiger partial charge is 0.323 e. The second-order valence-electron chi connectivity index (χ2n) is 4.87. The van der Waals surface area contributed by atoms with Gasteiger partial charge in [-0.25, -0.2) is 0 Å². The van der Waals surface area contributed by atoms with E-state index < -0.39 is 5.97 Å². The first-order chi connectivity index (χ1) is 9.11. The number of hydrogen-bond donors (Lipinski definition) is 1. The zero-order valence-corrected chi connectivity index (χ0v) is 11.0. The van der Waals surface area contributed by atoms with Gasteiger partial charge in [-0.15, -0.1) is 0 Å². The van der Waals surface area contributed by atoms with Crippen molar-refractivity contribution < 1.29 is 14.7 Å². The fourth-order valence-corrected chi connectivity index (χ4v) is 2.04. The molecule has 2 rings (SSSR count). The van der Waals surface area contributed by atoms with Crippen LogP contribution in [0.1, 0.15) is 48.2 Å². The van der Waals surface area contributed by atoms with E-state index in [1.54, 1.807) is 12.3 Å². The molecule has 19 heavy (non-hydrogen) atoms. The fraction of sp³-hybridized carbons (Fsp3) is 0.500. The number of pyridine rings is 1. The highest BCUT2D eigenvalue weighted by atomic mass is 16.4. The van der Waals surface area contributed by atoms with E-state index in [1.807, 2.05) is 13.0 Å². The van der Waals surface area contributed by atoms with Crippen LogP contribution in [-0.2, 0) is 4.79 Å². The van der Waals surface area contributed by atoms with E-state index in [0.29, 0.717) is 18.2 Å². The van der Waals surface area contributed by atoms with Gasteiger partial charge < -0.3 is 10.0 Å². The Morgan fingerprint density at radius 1 is 1.42 bits per heavy atom. The number of rotatable bonds is 6. The number of amides is 1. The fourth-order valence-electron chi connectivity index (χ4n) is 2.04. The van der Waals surface area contributed by atoms with E-state index in [9.17, 15) is 9.59 Å². The van der Waals surface area contributed by atoms with Crippen LogP contribution < -0.4 is 0 Å². The van der Waals surface area contributed by atoms with Crippen molar-refractivity contribution in [2.75, 3.05) is 13.1 Å². The van der Waals surface area contributed by atoms with E-state index in [0.717, 1.165) is 12.0 Å². The second kappa shape index (κ2) is 5.82. The van der Waals surface area contributed by atoms with Crippen molar-refractivity contribution in [2.24, 2.45) is 0 Å². The summed E-state index contributed by atoms with van der Waals surface area (Å²) in [6, 6.07) is 3.61. The molecule has 0 radical (unpaired) electrons.